The van der Waals surface area contributed by atoms with Gasteiger partial charge in [-0.15, -0.1) is 0 Å². The third-order valence-electron chi connectivity index (χ3n) is 4.09. The molecule has 1 fully saturated rings. The molecule has 0 aliphatic heterocycles. The number of aromatic nitrogens is 1. The Bertz CT molecular complexity index is 722. The Morgan fingerprint density at radius 2 is 1.79 bits per heavy atom. The number of amides is 1. The van der Waals surface area contributed by atoms with Gasteiger partial charge in [0.1, 0.15) is 5.82 Å². The van der Waals surface area contributed by atoms with E-state index in [1.807, 2.05) is 6.07 Å². The minimum atomic E-state index is -0.366. The van der Waals surface area contributed by atoms with Crippen molar-refractivity contribution in [1.29, 1.82) is 0 Å². The summed E-state index contributed by atoms with van der Waals surface area (Å²) in [6, 6.07) is 10.6. The van der Waals surface area contributed by atoms with Gasteiger partial charge in [0.25, 0.3) is 0 Å². The van der Waals surface area contributed by atoms with Crippen molar-refractivity contribution < 1.29 is 14.3 Å². The van der Waals surface area contributed by atoms with E-state index in [9.17, 15) is 9.59 Å². The van der Waals surface area contributed by atoms with Gasteiger partial charge in [-0.05, 0) is 49.2 Å². The molecule has 2 aromatic rings. The van der Waals surface area contributed by atoms with E-state index in [4.69, 9.17) is 0 Å². The zero-order chi connectivity index (χ0) is 16.9. The van der Waals surface area contributed by atoms with Crippen molar-refractivity contribution in [2.75, 3.05) is 17.7 Å². The fraction of sp³-hybridized carbons (Fsp3) is 0.278. The number of carbonyl (C=O) groups is 2. The molecule has 6 nitrogen and oxygen atoms in total. The van der Waals surface area contributed by atoms with Gasteiger partial charge in [0.15, 0.2) is 0 Å². The molecule has 1 aliphatic rings. The van der Waals surface area contributed by atoms with Crippen LogP contribution in [0.3, 0.4) is 0 Å². The maximum absolute atomic E-state index is 11.9. The minimum absolute atomic E-state index is 0.0489. The molecule has 3 rings (SSSR count). The predicted molar refractivity (Wildman–Crippen MR) is 91.3 cm³/mol. The largest absolute Gasteiger partial charge is 0.465 e. The molecule has 24 heavy (non-hydrogen) atoms. The van der Waals surface area contributed by atoms with Crippen LogP contribution in [-0.2, 0) is 9.53 Å². The van der Waals surface area contributed by atoms with E-state index < -0.39 is 0 Å². The van der Waals surface area contributed by atoms with Crippen molar-refractivity contribution in [3.63, 3.8) is 0 Å². The van der Waals surface area contributed by atoms with Crippen LogP contribution in [0.5, 0.6) is 0 Å². The molecule has 0 unspecified atom stereocenters. The standard InChI is InChI=1S/C18H19N3O3/c1-24-18(23)13-5-7-14(8-6-13)20-15-9-10-16(19-11-15)21-17(22)12-3-2-4-12/h5-12,20H,2-4H2,1H3,(H,19,21,22). The van der Waals surface area contributed by atoms with E-state index in [0.717, 1.165) is 30.6 Å². The molecule has 0 atom stereocenters. The normalized spacial score (nSPS) is 13.7. The summed E-state index contributed by atoms with van der Waals surface area (Å²) in [6.07, 6.45) is 4.72. The zero-order valence-electron chi connectivity index (χ0n) is 13.4. The maximum atomic E-state index is 11.9. The first-order valence-corrected chi connectivity index (χ1v) is 7.88. The summed E-state index contributed by atoms with van der Waals surface area (Å²) in [5, 5.41) is 6.02. The first kappa shape index (κ1) is 16.0. The molecule has 2 N–H and O–H groups in total. The van der Waals surface area contributed by atoms with Gasteiger partial charge in [-0.2, -0.15) is 0 Å². The minimum Gasteiger partial charge on any atom is -0.465 e. The van der Waals surface area contributed by atoms with Crippen LogP contribution >= 0.6 is 0 Å². The van der Waals surface area contributed by atoms with E-state index in [-0.39, 0.29) is 17.8 Å². The highest BCUT2D eigenvalue weighted by atomic mass is 16.5. The highest BCUT2D eigenvalue weighted by Gasteiger charge is 2.25. The SMILES string of the molecule is COC(=O)c1ccc(Nc2ccc(NC(=O)C3CCC3)nc2)cc1. The van der Waals surface area contributed by atoms with Gasteiger partial charge in [-0.3, -0.25) is 4.79 Å². The van der Waals surface area contributed by atoms with Crippen LogP contribution in [-0.4, -0.2) is 24.0 Å². The molecular formula is C18H19N3O3. The van der Waals surface area contributed by atoms with Crippen LogP contribution < -0.4 is 10.6 Å². The maximum Gasteiger partial charge on any atom is 0.337 e. The quantitative estimate of drug-likeness (QED) is 0.824. The van der Waals surface area contributed by atoms with E-state index in [0.29, 0.717) is 11.4 Å². The van der Waals surface area contributed by atoms with Crippen LogP contribution in [0.2, 0.25) is 0 Å². The molecule has 1 aromatic carbocycles. The van der Waals surface area contributed by atoms with Gasteiger partial charge in [0.05, 0.1) is 24.6 Å². The van der Waals surface area contributed by atoms with Gasteiger partial charge >= 0.3 is 5.97 Å². The van der Waals surface area contributed by atoms with Gasteiger partial charge in [-0.25, -0.2) is 9.78 Å². The van der Waals surface area contributed by atoms with Crippen molar-refractivity contribution in [3.8, 4) is 0 Å². The van der Waals surface area contributed by atoms with Crippen LogP contribution in [0.1, 0.15) is 29.6 Å². The van der Waals surface area contributed by atoms with Crippen molar-refractivity contribution in [2.45, 2.75) is 19.3 Å². The molecule has 0 spiro atoms. The molecular weight excluding hydrogens is 306 g/mol. The lowest BCUT2D eigenvalue weighted by Gasteiger charge is -2.23. The smallest absolute Gasteiger partial charge is 0.337 e. The summed E-state index contributed by atoms with van der Waals surface area (Å²) in [7, 11) is 1.35. The highest BCUT2D eigenvalue weighted by Crippen LogP contribution is 2.27. The third-order valence-corrected chi connectivity index (χ3v) is 4.09. The molecule has 1 aliphatic carbocycles. The number of nitrogens with one attached hydrogen (secondary N) is 2. The van der Waals surface area contributed by atoms with E-state index in [2.05, 4.69) is 20.4 Å². The Labute approximate surface area is 140 Å². The molecule has 0 radical (unpaired) electrons. The summed E-state index contributed by atoms with van der Waals surface area (Å²) in [4.78, 5) is 27.5. The van der Waals surface area contributed by atoms with Crippen LogP contribution in [0.25, 0.3) is 0 Å². The topological polar surface area (TPSA) is 80.3 Å². The van der Waals surface area contributed by atoms with Crippen molar-refractivity contribution in [2.24, 2.45) is 5.92 Å². The van der Waals surface area contributed by atoms with Gasteiger partial charge < -0.3 is 15.4 Å². The number of benzene rings is 1. The first-order valence-electron chi connectivity index (χ1n) is 7.88. The lowest BCUT2D eigenvalue weighted by Crippen LogP contribution is -2.28. The molecule has 124 valence electrons. The van der Waals surface area contributed by atoms with E-state index in [1.54, 1.807) is 36.5 Å². The van der Waals surface area contributed by atoms with Crippen LogP contribution in [0.15, 0.2) is 42.6 Å². The number of nitrogens with zero attached hydrogens (tertiary/aromatic N) is 1. The van der Waals surface area contributed by atoms with E-state index >= 15 is 0 Å². The number of anilines is 3. The van der Waals surface area contributed by atoms with Crippen LogP contribution in [0, 0.1) is 5.92 Å². The van der Waals surface area contributed by atoms with Gasteiger partial charge in [-0.1, -0.05) is 6.42 Å². The average molecular weight is 325 g/mol. The molecule has 0 bridgehead atoms. The Kier molecular flexibility index (Phi) is 4.74. The van der Waals surface area contributed by atoms with Crippen LogP contribution in [0.4, 0.5) is 17.2 Å². The predicted octanol–water partition coefficient (Wildman–Crippen LogP) is 3.35. The summed E-state index contributed by atoms with van der Waals surface area (Å²) < 4.78 is 4.66. The Morgan fingerprint density at radius 3 is 2.33 bits per heavy atom. The first-order chi connectivity index (χ1) is 11.7. The molecule has 6 heteroatoms. The second-order valence-corrected chi connectivity index (χ2v) is 5.74. The van der Waals surface area contributed by atoms with Crippen molar-refractivity contribution in [1.82, 2.24) is 4.98 Å². The fourth-order valence-corrected chi connectivity index (χ4v) is 2.41. The van der Waals surface area contributed by atoms with Gasteiger partial charge in [0.2, 0.25) is 5.91 Å². The summed E-state index contributed by atoms with van der Waals surface area (Å²) in [5.41, 5.74) is 2.12. The second-order valence-electron chi connectivity index (χ2n) is 5.74. The molecule has 1 amide bonds. The number of ether oxygens (including phenoxy) is 1. The number of esters is 1. The fourth-order valence-electron chi connectivity index (χ4n) is 2.41. The van der Waals surface area contributed by atoms with Crippen molar-refractivity contribution >= 4 is 29.1 Å². The highest BCUT2D eigenvalue weighted by molar-refractivity contribution is 5.92. The summed E-state index contributed by atoms with van der Waals surface area (Å²) in [5.74, 6) is 0.374. The Balaban J connectivity index is 1.59. The van der Waals surface area contributed by atoms with Crippen molar-refractivity contribution in [3.05, 3.63) is 48.2 Å². The monoisotopic (exact) mass is 325 g/mol. The Morgan fingerprint density at radius 1 is 1.08 bits per heavy atom. The number of pyridine rings is 1. The number of methoxy groups -OCH3 is 1. The third kappa shape index (κ3) is 3.71. The molecule has 1 saturated carbocycles. The number of carbonyl (C=O) groups excluding carboxylic acids is 2. The summed E-state index contributed by atoms with van der Waals surface area (Å²) in [6.45, 7) is 0. The zero-order valence-corrected chi connectivity index (χ0v) is 13.4. The summed E-state index contributed by atoms with van der Waals surface area (Å²) >= 11 is 0. The molecule has 1 heterocycles. The number of hydrogen-bond acceptors (Lipinski definition) is 5. The average Bonchev–Trinajstić information content (AvgIpc) is 2.55. The lowest BCUT2D eigenvalue weighted by molar-refractivity contribution is -0.122. The number of hydrogen-bond donors (Lipinski definition) is 2. The van der Waals surface area contributed by atoms with Gasteiger partial charge in [0, 0.05) is 11.6 Å². The number of rotatable bonds is 5. The Hall–Kier alpha value is -2.89. The molecule has 0 saturated heterocycles. The second kappa shape index (κ2) is 7.12. The van der Waals surface area contributed by atoms with E-state index in [1.165, 1.54) is 7.11 Å². The molecule has 1 aromatic heterocycles. The lowest BCUT2D eigenvalue weighted by atomic mass is 9.85.